The van der Waals surface area contributed by atoms with Crippen LogP contribution in [0.1, 0.15) is 54.4 Å². The number of hydrogen-bond acceptors (Lipinski definition) is 0. The molecule has 0 heterocycles. The summed E-state index contributed by atoms with van der Waals surface area (Å²) in [5, 5.41) is 0. The molecule has 12 heavy (non-hydrogen) atoms. The van der Waals surface area contributed by atoms with Crippen molar-refractivity contribution < 1.29 is 0 Å². The molecular weight excluding hydrogens is 144 g/mol. The van der Waals surface area contributed by atoms with E-state index in [9.17, 15) is 0 Å². The van der Waals surface area contributed by atoms with Crippen LogP contribution in [0, 0.1) is 11.8 Å². The molecule has 0 aromatic carbocycles. The molecule has 0 fully saturated rings. The van der Waals surface area contributed by atoms with E-state index in [1.54, 1.807) is 0 Å². The van der Waals surface area contributed by atoms with Crippen LogP contribution in [0.5, 0.6) is 0 Å². The van der Waals surface area contributed by atoms with E-state index in [-0.39, 0.29) is 7.43 Å². The number of hydrogen-bond donors (Lipinski definition) is 0. The third kappa shape index (κ3) is 4.58. The van der Waals surface area contributed by atoms with Crippen molar-refractivity contribution in [2.45, 2.75) is 54.4 Å². The Balaban J connectivity index is 0. The lowest BCUT2D eigenvalue weighted by Crippen LogP contribution is -2.10. The monoisotopic (exact) mass is 170 g/mol. The average molecular weight is 170 g/mol. The topological polar surface area (TPSA) is 0 Å². The van der Waals surface area contributed by atoms with Crippen molar-refractivity contribution in [1.82, 2.24) is 0 Å². The highest BCUT2D eigenvalue weighted by molar-refractivity contribution is 5.00. The van der Waals surface area contributed by atoms with Crippen molar-refractivity contribution in [1.29, 1.82) is 0 Å². The van der Waals surface area contributed by atoms with Crippen molar-refractivity contribution in [3.05, 3.63) is 12.2 Å². The highest BCUT2D eigenvalue weighted by atomic mass is 14.2. The Labute approximate surface area is 79.1 Å². The lowest BCUT2D eigenvalue weighted by Gasteiger charge is -2.21. The summed E-state index contributed by atoms with van der Waals surface area (Å²) >= 11 is 0. The van der Waals surface area contributed by atoms with E-state index < -0.39 is 0 Å². The Morgan fingerprint density at radius 2 is 1.75 bits per heavy atom. The Morgan fingerprint density at radius 1 is 1.25 bits per heavy atom. The van der Waals surface area contributed by atoms with Gasteiger partial charge < -0.3 is 0 Å². The van der Waals surface area contributed by atoms with Crippen molar-refractivity contribution in [3.63, 3.8) is 0 Å². The van der Waals surface area contributed by atoms with Crippen molar-refractivity contribution in [2.24, 2.45) is 11.8 Å². The van der Waals surface area contributed by atoms with Gasteiger partial charge in [-0.1, -0.05) is 53.7 Å². The van der Waals surface area contributed by atoms with E-state index in [0.29, 0.717) is 0 Å². The third-order valence-electron chi connectivity index (χ3n) is 2.38. The molecule has 1 atom stereocenters. The van der Waals surface area contributed by atoms with Crippen LogP contribution < -0.4 is 0 Å². The minimum absolute atomic E-state index is 0. The fraction of sp³-hybridized carbons (Fsp3) is 0.833. The number of allylic oxidation sites excluding steroid dienone is 1. The van der Waals surface area contributed by atoms with Crippen LogP contribution in [0.4, 0.5) is 0 Å². The molecule has 0 nitrogen and oxygen atoms in total. The van der Waals surface area contributed by atoms with Gasteiger partial charge in [0, 0.05) is 0 Å². The maximum atomic E-state index is 4.11. The Hall–Kier alpha value is -0.260. The Morgan fingerprint density at radius 3 is 2.00 bits per heavy atom. The second-order valence-electron chi connectivity index (χ2n) is 3.65. The molecule has 0 aliphatic carbocycles. The minimum atomic E-state index is 0. The zero-order chi connectivity index (χ0) is 8.85. The van der Waals surface area contributed by atoms with E-state index in [0.717, 1.165) is 18.3 Å². The third-order valence-corrected chi connectivity index (χ3v) is 2.38. The van der Waals surface area contributed by atoms with Gasteiger partial charge in [0.05, 0.1) is 0 Å². The fourth-order valence-corrected chi connectivity index (χ4v) is 1.58. The summed E-state index contributed by atoms with van der Waals surface area (Å²) in [6.07, 6.45) is 3.73. The predicted molar refractivity (Wildman–Crippen MR) is 59.4 cm³/mol. The SMILES string of the molecule is C.C=C(CC)[C@@H](CCC)C(C)C. The van der Waals surface area contributed by atoms with E-state index in [4.69, 9.17) is 0 Å². The standard InChI is InChI=1S/C11H22.CH4/c1-6-8-11(9(3)4)10(5)7-2;/h9,11H,5-8H2,1-4H3;1H4/t11-;/m0./s1. The maximum Gasteiger partial charge on any atom is -0.0183 e. The second-order valence-corrected chi connectivity index (χ2v) is 3.65. The molecule has 0 N–H and O–H groups in total. The molecular formula is C12H26. The molecule has 0 rings (SSSR count). The van der Waals surface area contributed by atoms with Gasteiger partial charge in [-0.05, 0) is 24.7 Å². The summed E-state index contributed by atoms with van der Waals surface area (Å²) in [5.41, 5.74) is 1.43. The first-order valence-corrected chi connectivity index (χ1v) is 4.81. The molecule has 0 heteroatoms. The molecule has 0 amide bonds. The highest BCUT2D eigenvalue weighted by Gasteiger charge is 2.13. The summed E-state index contributed by atoms with van der Waals surface area (Å²) in [6.45, 7) is 13.1. The normalized spacial score (nSPS) is 12.4. The predicted octanol–water partition coefficient (Wildman–Crippen LogP) is 4.66. The van der Waals surface area contributed by atoms with Gasteiger partial charge in [-0.2, -0.15) is 0 Å². The molecule has 0 aromatic rings. The van der Waals surface area contributed by atoms with Gasteiger partial charge in [0.25, 0.3) is 0 Å². The van der Waals surface area contributed by atoms with Crippen LogP contribution in [0.15, 0.2) is 12.2 Å². The fourth-order valence-electron chi connectivity index (χ4n) is 1.58. The molecule has 0 aliphatic rings. The highest BCUT2D eigenvalue weighted by Crippen LogP contribution is 2.25. The van der Waals surface area contributed by atoms with Crippen LogP contribution in [0.3, 0.4) is 0 Å². The van der Waals surface area contributed by atoms with E-state index in [1.807, 2.05) is 0 Å². The van der Waals surface area contributed by atoms with E-state index in [1.165, 1.54) is 18.4 Å². The van der Waals surface area contributed by atoms with Gasteiger partial charge in [0.2, 0.25) is 0 Å². The maximum absolute atomic E-state index is 4.11. The molecule has 0 unspecified atom stereocenters. The Bertz CT molecular complexity index is 111. The molecule has 0 spiro atoms. The zero-order valence-corrected chi connectivity index (χ0v) is 8.48. The smallest absolute Gasteiger partial charge is 0.0183 e. The molecule has 74 valence electrons. The van der Waals surface area contributed by atoms with Gasteiger partial charge in [-0.3, -0.25) is 0 Å². The van der Waals surface area contributed by atoms with Gasteiger partial charge in [-0.15, -0.1) is 0 Å². The van der Waals surface area contributed by atoms with Gasteiger partial charge in [0.1, 0.15) is 0 Å². The van der Waals surface area contributed by atoms with Crippen LogP contribution in [0.25, 0.3) is 0 Å². The van der Waals surface area contributed by atoms with Crippen molar-refractivity contribution >= 4 is 0 Å². The van der Waals surface area contributed by atoms with Gasteiger partial charge in [0.15, 0.2) is 0 Å². The van der Waals surface area contributed by atoms with Gasteiger partial charge >= 0.3 is 0 Å². The lowest BCUT2D eigenvalue weighted by atomic mass is 9.84. The van der Waals surface area contributed by atoms with Crippen LogP contribution >= 0.6 is 0 Å². The summed E-state index contributed by atoms with van der Waals surface area (Å²) < 4.78 is 0. The quantitative estimate of drug-likeness (QED) is 0.526. The first kappa shape index (κ1) is 14.3. The summed E-state index contributed by atoms with van der Waals surface area (Å²) in [6, 6.07) is 0. The number of rotatable bonds is 5. The molecule has 0 aliphatic heterocycles. The lowest BCUT2D eigenvalue weighted by molar-refractivity contribution is 0.404. The first-order valence-electron chi connectivity index (χ1n) is 4.81. The van der Waals surface area contributed by atoms with Crippen LogP contribution in [-0.4, -0.2) is 0 Å². The molecule has 0 saturated carbocycles. The summed E-state index contributed by atoms with van der Waals surface area (Å²) in [7, 11) is 0. The van der Waals surface area contributed by atoms with Gasteiger partial charge in [-0.25, -0.2) is 0 Å². The van der Waals surface area contributed by atoms with E-state index >= 15 is 0 Å². The van der Waals surface area contributed by atoms with E-state index in [2.05, 4.69) is 34.3 Å². The Kier molecular flexibility index (Phi) is 8.79. The first-order chi connectivity index (χ1) is 5.13. The molecule has 0 saturated heterocycles. The average Bonchev–Trinajstić information content (AvgIpc) is 1.98. The largest absolute Gasteiger partial charge is 0.0996 e. The van der Waals surface area contributed by atoms with Crippen LogP contribution in [0.2, 0.25) is 0 Å². The van der Waals surface area contributed by atoms with Crippen molar-refractivity contribution in [3.8, 4) is 0 Å². The summed E-state index contributed by atoms with van der Waals surface area (Å²) in [4.78, 5) is 0. The minimum Gasteiger partial charge on any atom is -0.0996 e. The van der Waals surface area contributed by atoms with Crippen molar-refractivity contribution in [2.75, 3.05) is 0 Å². The summed E-state index contributed by atoms with van der Waals surface area (Å²) in [5.74, 6) is 1.52. The molecule has 0 aromatic heterocycles. The molecule has 0 radical (unpaired) electrons. The van der Waals surface area contributed by atoms with Crippen LogP contribution in [-0.2, 0) is 0 Å². The second kappa shape index (κ2) is 7.39. The molecule has 0 bridgehead atoms. The zero-order valence-electron chi connectivity index (χ0n) is 8.48.